The van der Waals surface area contributed by atoms with Crippen molar-refractivity contribution in [2.24, 2.45) is 5.92 Å². The number of carbonyl (C=O) groups excluding carboxylic acids is 1. The molecule has 0 bridgehead atoms. The number of benzene rings is 3. The zero-order chi connectivity index (χ0) is 16.5. The van der Waals surface area contributed by atoms with E-state index in [1.54, 1.807) is 0 Å². The maximum atomic E-state index is 13.0. The average Bonchev–Trinajstić information content (AvgIpc) is 3.39. The van der Waals surface area contributed by atoms with E-state index in [1.165, 1.54) is 11.1 Å². The number of Topliss-reactive ketones (excluding diaryl/α,β-unsaturated/α-hetero) is 1. The van der Waals surface area contributed by atoms with Gasteiger partial charge >= 0.3 is 0 Å². The van der Waals surface area contributed by atoms with Crippen LogP contribution in [0.5, 0.6) is 0 Å². The van der Waals surface area contributed by atoms with Gasteiger partial charge in [0.15, 0.2) is 5.78 Å². The third-order valence-electron chi connectivity index (χ3n) is 4.82. The predicted octanol–water partition coefficient (Wildman–Crippen LogP) is 5.72. The summed E-state index contributed by atoms with van der Waals surface area (Å²) in [7, 11) is 0. The van der Waals surface area contributed by atoms with E-state index in [0.717, 1.165) is 10.6 Å². The fourth-order valence-electron chi connectivity index (χ4n) is 3.62. The summed E-state index contributed by atoms with van der Waals surface area (Å²) in [4.78, 5) is 13.0. The highest BCUT2D eigenvalue weighted by molar-refractivity contribution is 6.30. The highest BCUT2D eigenvalue weighted by Gasteiger charge is 2.55. The van der Waals surface area contributed by atoms with E-state index in [-0.39, 0.29) is 23.5 Å². The van der Waals surface area contributed by atoms with Gasteiger partial charge in [0.25, 0.3) is 0 Å². The first-order valence-corrected chi connectivity index (χ1v) is 8.53. The van der Waals surface area contributed by atoms with E-state index in [0.29, 0.717) is 0 Å². The van der Waals surface area contributed by atoms with Gasteiger partial charge < -0.3 is 0 Å². The van der Waals surface area contributed by atoms with Gasteiger partial charge in [-0.25, -0.2) is 0 Å². The monoisotopic (exact) mass is 332 g/mol. The molecule has 1 saturated carbocycles. The lowest BCUT2D eigenvalue weighted by molar-refractivity contribution is 0.0963. The van der Waals surface area contributed by atoms with Gasteiger partial charge in [0.05, 0.1) is 0 Å². The Labute approximate surface area is 146 Å². The van der Waals surface area contributed by atoms with Gasteiger partial charge in [-0.15, -0.1) is 0 Å². The van der Waals surface area contributed by atoms with Gasteiger partial charge in [-0.05, 0) is 23.3 Å². The third-order valence-corrected chi connectivity index (χ3v) is 5.07. The largest absolute Gasteiger partial charge is 0.294 e. The van der Waals surface area contributed by atoms with Crippen molar-refractivity contribution in [1.82, 2.24) is 0 Å². The normalized spacial score (nSPS) is 22.1. The van der Waals surface area contributed by atoms with Crippen molar-refractivity contribution < 1.29 is 4.79 Å². The molecule has 118 valence electrons. The molecule has 0 heterocycles. The van der Waals surface area contributed by atoms with Crippen LogP contribution in [0.25, 0.3) is 0 Å². The second-order valence-electron chi connectivity index (χ2n) is 6.27. The Morgan fingerprint density at radius 1 is 0.667 bits per heavy atom. The molecule has 0 amide bonds. The zero-order valence-electron chi connectivity index (χ0n) is 13.1. The lowest BCUT2D eigenvalue weighted by Crippen LogP contribution is -2.03. The molecule has 0 radical (unpaired) electrons. The second kappa shape index (κ2) is 6.26. The van der Waals surface area contributed by atoms with E-state index in [9.17, 15) is 4.79 Å². The van der Waals surface area contributed by atoms with Crippen molar-refractivity contribution >= 4 is 17.4 Å². The van der Waals surface area contributed by atoms with Crippen molar-refractivity contribution in [3.63, 3.8) is 0 Å². The van der Waals surface area contributed by atoms with Gasteiger partial charge in [0, 0.05) is 28.3 Å². The summed E-state index contributed by atoms with van der Waals surface area (Å²) in [5, 5.41) is 0.724. The third kappa shape index (κ3) is 2.76. The van der Waals surface area contributed by atoms with Crippen molar-refractivity contribution in [1.29, 1.82) is 0 Å². The van der Waals surface area contributed by atoms with Crippen LogP contribution < -0.4 is 0 Å². The first-order valence-electron chi connectivity index (χ1n) is 8.15. The van der Waals surface area contributed by atoms with Gasteiger partial charge in [-0.2, -0.15) is 0 Å². The van der Waals surface area contributed by atoms with E-state index < -0.39 is 0 Å². The summed E-state index contributed by atoms with van der Waals surface area (Å²) in [5.41, 5.74) is 3.20. The standard InChI is InChI=1S/C22H17ClO/c23-18-13-11-16(12-14-18)20-19(15-7-3-1-4-8-15)21(20)22(24)17-9-5-2-6-10-17/h1-14,19-21H/t19-,20-,21+/m0/s1. The maximum absolute atomic E-state index is 13.0. The number of ketones is 1. The topological polar surface area (TPSA) is 17.1 Å². The summed E-state index contributed by atoms with van der Waals surface area (Å²) >= 11 is 6.02. The number of hydrogen-bond donors (Lipinski definition) is 0. The molecular weight excluding hydrogens is 316 g/mol. The molecule has 4 rings (SSSR count). The summed E-state index contributed by atoms with van der Waals surface area (Å²) in [6.07, 6.45) is 0. The van der Waals surface area contributed by atoms with E-state index in [2.05, 4.69) is 12.1 Å². The van der Waals surface area contributed by atoms with Crippen LogP contribution in [0.15, 0.2) is 84.9 Å². The Hall–Kier alpha value is -2.38. The highest BCUT2D eigenvalue weighted by Crippen LogP contribution is 2.61. The molecule has 1 aliphatic carbocycles. The van der Waals surface area contributed by atoms with Crippen molar-refractivity contribution in [3.8, 4) is 0 Å². The molecule has 0 N–H and O–H groups in total. The lowest BCUT2D eigenvalue weighted by Gasteiger charge is -2.01. The fraction of sp³-hybridized carbons (Fsp3) is 0.136. The molecule has 0 aromatic heterocycles. The molecule has 2 heteroatoms. The summed E-state index contributed by atoms with van der Waals surface area (Å²) in [5.74, 6) is 0.679. The van der Waals surface area contributed by atoms with E-state index >= 15 is 0 Å². The minimum absolute atomic E-state index is 0.00373. The quantitative estimate of drug-likeness (QED) is 0.558. The van der Waals surface area contributed by atoms with Gasteiger partial charge in [0.1, 0.15) is 0 Å². The molecule has 3 aromatic rings. The van der Waals surface area contributed by atoms with E-state index in [1.807, 2.05) is 72.8 Å². The Morgan fingerprint density at radius 3 is 1.75 bits per heavy atom. The zero-order valence-corrected chi connectivity index (χ0v) is 13.9. The minimum Gasteiger partial charge on any atom is -0.294 e. The highest BCUT2D eigenvalue weighted by atomic mass is 35.5. The molecule has 3 aromatic carbocycles. The van der Waals surface area contributed by atoms with Gasteiger partial charge in [-0.3, -0.25) is 4.79 Å². The molecule has 0 aliphatic heterocycles. The Balaban J connectivity index is 1.70. The molecule has 1 aliphatic rings. The molecule has 0 saturated heterocycles. The molecule has 0 unspecified atom stereocenters. The molecule has 0 spiro atoms. The van der Waals surface area contributed by atoms with Crippen LogP contribution in [0.4, 0.5) is 0 Å². The van der Waals surface area contributed by atoms with Crippen LogP contribution in [0.2, 0.25) is 5.02 Å². The number of rotatable bonds is 4. The van der Waals surface area contributed by atoms with Crippen LogP contribution >= 0.6 is 11.6 Å². The summed E-state index contributed by atoms with van der Waals surface area (Å²) in [6.45, 7) is 0. The van der Waals surface area contributed by atoms with Crippen molar-refractivity contribution in [3.05, 3.63) is 107 Å². The molecular formula is C22H17ClO. The summed E-state index contributed by atoms with van der Waals surface area (Å²) < 4.78 is 0. The maximum Gasteiger partial charge on any atom is 0.167 e. The smallest absolute Gasteiger partial charge is 0.167 e. The Kier molecular flexibility index (Phi) is 3.95. The number of halogens is 1. The molecule has 1 nitrogen and oxygen atoms in total. The van der Waals surface area contributed by atoms with Gasteiger partial charge in [0.2, 0.25) is 0 Å². The summed E-state index contributed by atoms with van der Waals surface area (Å²) in [6, 6.07) is 27.8. The second-order valence-corrected chi connectivity index (χ2v) is 6.71. The average molecular weight is 333 g/mol. The molecule has 1 fully saturated rings. The SMILES string of the molecule is O=C(c1ccccc1)[C@@H]1[C@@H](c2ccccc2)[C@@H]1c1ccc(Cl)cc1. The fourth-order valence-corrected chi connectivity index (χ4v) is 3.75. The minimum atomic E-state index is -0.00373. The van der Waals surface area contributed by atoms with Crippen LogP contribution in [0.3, 0.4) is 0 Å². The Bertz CT molecular complexity index is 840. The molecule has 3 atom stereocenters. The van der Waals surface area contributed by atoms with Crippen molar-refractivity contribution in [2.75, 3.05) is 0 Å². The first kappa shape index (κ1) is 15.2. The van der Waals surface area contributed by atoms with E-state index in [4.69, 9.17) is 11.6 Å². The number of hydrogen-bond acceptors (Lipinski definition) is 1. The van der Waals surface area contributed by atoms with Crippen LogP contribution in [-0.4, -0.2) is 5.78 Å². The number of carbonyl (C=O) groups is 1. The van der Waals surface area contributed by atoms with Gasteiger partial charge in [-0.1, -0.05) is 84.4 Å². The van der Waals surface area contributed by atoms with Crippen molar-refractivity contribution in [2.45, 2.75) is 11.8 Å². The van der Waals surface area contributed by atoms with Crippen LogP contribution in [-0.2, 0) is 0 Å². The lowest BCUT2D eigenvalue weighted by atomic mass is 10.0. The first-order chi connectivity index (χ1) is 11.8. The molecule has 24 heavy (non-hydrogen) atoms. The van der Waals surface area contributed by atoms with Crippen LogP contribution in [0.1, 0.15) is 33.3 Å². The predicted molar refractivity (Wildman–Crippen MR) is 97.6 cm³/mol. The van der Waals surface area contributed by atoms with Crippen LogP contribution in [0, 0.1) is 5.92 Å². The Morgan fingerprint density at radius 2 is 1.17 bits per heavy atom.